The second-order valence-corrected chi connectivity index (χ2v) is 4.40. The smallest absolute Gasteiger partial charge is 0.0372 e. The molecule has 1 heterocycles. The van der Waals surface area contributed by atoms with Crippen molar-refractivity contribution >= 4 is 0 Å². The van der Waals surface area contributed by atoms with Gasteiger partial charge in [-0.25, -0.2) is 0 Å². The maximum atomic E-state index is 4.31. The molecule has 1 aromatic heterocycles. The van der Waals surface area contributed by atoms with Gasteiger partial charge in [-0.15, -0.1) is 6.58 Å². The van der Waals surface area contributed by atoms with Gasteiger partial charge in [0, 0.05) is 11.9 Å². The summed E-state index contributed by atoms with van der Waals surface area (Å²) >= 11 is 0. The van der Waals surface area contributed by atoms with E-state index in [4.69, 9.17) is 0 Å². The van der Waals surface area contributed by atoms with Crippen LogP contribution in [0.5, 0.6) is 0 Å². The molecule has 0 radical (unpaired) electrons. The minimum atomic E-state index is 1.10. The number of aromatic nitrogens is 1. The van der Waals surface area contributed by atoms with Crippen LogP contribution in [0.2, 0.25) is 0 Å². The highest BCUT2D eigenvalue weighted by atomic mass is 14.6. The van der Waals surface area contributed by atoms with E-state index in [0.29, 0.717) is 0 Å². The van der Waals surface area contributed by atoms with Crippen molar-refractivity contribution in [2.45, 2.75) is 51.9 Å². The Bertz CT molecular complexity index is 287. The molecule has 0 saturated carbocycles. The topological polar surface area (TPSA) is 12.9 Å². The minimum Gasteiger partial charge on any atom is -0.261 e. The Labute approximate surface area is 99.6 Å². The quantitative estimate of drug-likeness (QED) is 0.463. The number of pyridine rings is 1. The third kappa shape index (κ3) is 5.69. The zero-order valence-electron chi connectivity index (χ0n) is 10.4. The zero-order chi connectivity index (χ0) is 11.6. The number of nitrogens with zero attached hydrogens (tertiary/aromatic N) is 1. The number of aryl methyl sites for hydroxylation is 2. The van der Waals surface area contributed by atoms with Crippen molar-refractivity contribution in [2.24, 2.45) is 0 Å². The third-order valence-corrected chi connectivity index (χ3v) is 2.85. The molecule has 1 aromatic rings. The van der Waals surface area contributed by atoms with Crippen LogP contribution in [0.4, 0.5) is 0 Å². The Kier molecular flexibility index (Phi) is 6.55. The van der Waals surface area contributed by atoms with Crippen LogP contribution in [0.25, 0.3) is 0 Å². The highest BCUT2D eigenvalue weighted by Gasteiger charge is 1.94. The summed E-state index contributed by atoms with van der Waals surface area (Å²) in [6, 6.07) is 4.29. The lowest BCUT2D eigenvalue weighted by molar-refractivity contribution is 0.617. The summed E-state index contributed by atoms with van der Waals surface area (Å²) in [6.45, 7) is 5.77. The van der Waals surface area contributed by atoms with E-state index in [1.165, 1.54) is 50.5 Å². The van der Waals surface area contributed by atoms with Crippen LogP contribution in [0.1, 0.15) is 49.8 Å². The molecular formula is C15H23N. The molecule has 88 valence electrons. The largest absolute Gasteiger partial charge is 0.261 e. The van der Waals surface area contributed by atoms with Crippen molar-refractivity contribution in [3.05, 3.63) is 42.2 Å². The van der Waals surface area contributed by atoms with Crippen molar-refractivity contribution < 1.29 is 0 Å². The summed E-state index contributed by atoms with van der Waals surface area (Å²) in [5.41, 5.74) is 2.48. The highest BCUT2D eigenvalue weighted by Crippen LogP contribution is 2.09. The SMILES string of the molecule is C=CCCCCCCCc1ccc(C)nc1. The fraction of sp³-hybridized carbons (Fsp3) is 0.533. The summed E-state index contributed by atoms with van der Waals surface area (Å²) in [5, 5.41) is 0. The summed E-state index contributed by atoms with van der Waals surface area (Å²) < 4.78 is 0. The average molecular weight is 217 g/mol. The Morgan fingerprint density at radius 1 is 1.12 bits per heavy atom. The van der Waals surface area contributed by atoms with E-state index in [9.17, 15) is 0 Å². The molecule has 0 aliphatic carbocycles. The van der Waals surface area contributed by atoms with E-state index >= 15 is 0 Å². The standard InChI is InChI=1S/C15H23N/c1-3-4-5-6-7-8-9-10-15-12-11-14(2)16-13-15/h3,11-13H,1,4-10H2,2H3. The summed E-state index contributed by atoms with van der Waals surface area (Å²) in [7, 11) is 0. The molecule has 0 atom stereocenters. The number of unbranched alkanes of at least 4 members (excludes halogenated alkanes) is 5. The molecule has 1 nitrogen and oxygen atoms in total. The van der Waals surface area contributed by atoms with Crippen LogP contribution in [-0.4, -0.2) is 4.98 Å². The predicted molar refractivity (Wildman–Crippen MR) is 70.6 cm³/mol. The molecule has 0 spiro atoms. The number of hydrogen-bond acceptors (Lipinski definition) is 1. The van der Waals surface area contributed by atoms with Gasteiger partial charge in [0.1, 0.15) is 0 Å². The minimum absolute atomic E-state index is 1.10. The van der Waals surface area contributed by atoms with Crippen LogP contribution < -0.4 is 0 Å². The molecule has 0 saturated heterocycles. The maximum absolute atomic E-state index is 4.31. The van der Waals surface area contributed by atoms with Crippen molar-refractivity contribution in [1.82, 2.24) is 4.98 Å². The molecule has 0 amide bonds. The van der Waals surface area contributed by atoms with E-state index in [1.54, 1.807) is 0 Å². The number of rotatable bonds is 8. The van der Waals surface area contributed by atoms with Crippen molar-refractivity contribution in [3.63, 3.8) is 0 Å². The van der Waals surface area contributed by atoms with Gasteiger partial charge in [0.25, 0.3) is 0 Å². The molecule has 16 heavy (non-hydrogen) atoms. The van der Waals surface area contributed by atoms with Gasteiger partial charge < -0.3 is 0 Å². The first kappa shape index (κ1) is 13.0. The van der Waals surface area contributed by atoms with E-state index in [-0.39, 0.29) is 0 Å². The highest BCUT2D eigenvalue weighted by molar-refractivity contribution is 5.12. The lowest BCUT2D eigenvalue weighted by atomic mass is 10.1. The first-order valence-corrected chi connectivity index (χ1v) is 6.35. The fourth-order valence-corrected chi connectivity index (χ4v) is 1.79. The molecule has 0 aliphatic heterocycles. The summed E-state index contributed by atoms with van der Waals surface area (Å²) in [6.07, 6.45) is 13.0. The van der Waals surface area contributed by atoms with Crippen LogP contribution in [-0.2, 0) is 6.42 Å². The Morgan fingerprint density at radius 3 is 2.56 bits per heavy atom. The molecule has 1 rings (SSSR count). The van der Waals surface area contributed by atoms with E-state index in [0.717, 1.165) is 5.69 Å². The molecule has 1 heteroatoms. The Morgan fingerprint density at radius 2 is 1.88 bits per heavy atom. The maximum Gasteiger partial charge on any atom is 0.0372 e. The van der Waals surface area contributed by atoms with Crippen LogP contribution in [0, 0.1) is 6.92 Å². The number of hydrogen-bond donors (Lipinski definition) is 0. The Hall–Kier alpha value is -1.11. The molecule has 0 unspecified atom stereocenters. The summed E-state index contributed by atoms with van der Waals surface area (Å²) in [5.74, 6) is 0. The second-order valence-electron chi connectivity index (χ2n) is 4.40. The van der Waals surface area contributed by atoms with Gasteiger partial charge in [-0.2, -0.15) is 0 Å². The molecule has 0 N–H and O–H groups in total. The van der Waals surface area contributed by atoms with Gasteiger partial charge in [-0.1, -0.05) is 31.4 Å². The molecular weight excluding hydrogens is 194 g/mol. The monoisotopic (exact) mass is 217 g/mol. The van der Waals surface area contributed by atoms with E-state index in [1.807, 2.05) is 19.2 Å². The zero-order valence-corrected chi connectivity index (χ0v) is 10.4. The van der Waals surface area contributed by atoms with E-state index in [2.05, 4.69) is 23.7 Å². The molecule has 0 aromatic carbocycles. The van der Waals surface area contributed by atoms with Gasteiger partial charge in [0.05, 0.1) is 0 Å². The van der Waals surface area contributed by atoms with Crippen LogP contribution >= 0.6 is 0 Å². The van der Waals surface area contributed by atoms with E-state index < -0.39 is 0 Å². The third-order valence-electron chi connectivity index (χ3n) is 2.85. The lowest BCUT2D eigenvalue weighted by Gasteiger charge is -2.02. The predicted octanol–water partition coefficient (Wildman–Crippen LogP) is 4.46. The fourth-order valence-electron chi connectivity index (χ4n) is 1.79. The Balaban J connectivity index is 2.02. The van der Waals surface area contributed by atoms with Gasteiger partial charge in [0.2, 0.25) is 0 Å². The van der Waals surface area contributed by atoms with Crippen molar-refractivity contribution in [1.29, 1.82) is 0 Å². The molecule has 0 fully saturated rings. The van der Waals surface area contributed by atoms with Crippen molar-refractivity contribution in [3.8, 4) is 0 Å². The van der Waals surface area contributed by atoms with Gasteiger partial charge >= 0.3 is 0 Å². The first-order valence-electron chi connectivity index (χ1n) is 6.35. The first-order chi connectivity index (χ1) is 7.83. The average Bonchev–Trinajstić information content (AvgIpc) is 2.30. The lowest BCUT2D eigenvalue weighted by Crippen LogP contribution is -1.88. The molecule has 0 bridgehead atoms. The van der Waals surface area contributed by atoms with Crippen molar-refractivity contribution in [2.75, 3.05) is 0 Å². The summed E-state index contributed by atoms with van der Waals surface area (Å²) in [4.78, 5) is 4.31. The second kappa shape index (κ2) is 8.09. The van der Waals surface area contributed by atoms with Crippen LogP contribution in [0.15, 0.2) is 31.0 Å². The normalized spacial score (nSPS) is 10.3. The van der Waals surface area contributed by atoms with Gasteiger partial charge in [-0.05, 0) is 44.2 Å². The molecule has 0 aliphatic rings. The van der Waals surface area contributed by atoms with Gasteiger partial charge in [0.15, 0.2) is 0 Å². The number of allylic oxidation sites excluding steroid dienone is 1. The van der Waals surface area contributed by atoms with Crippen LogP contribution in [0.3, 0.4) is 0 Å². The van der Waals surface area contributed by atoms with Gasteiger partial charge in [-0.3, -0.25) is 4.98 Å².